The number of rotatable bonds is 5. The van der Waals surface area contributed by atoms with E-state index in [4.69, 9.17) is 25.6 Å². The van der Waals surface area contributed by atoms with E-state index in [1.54, 1.807) is 13.0 Å². The minimum absolute atomic E-state index is 0.234. The van der Waals surface area contributed by atoms with Gasteiger partial charge in [0.2, 0.25) is 0 Å². The van der Waals surface area contributed by atoms with Crippen LogP contribution in [0.2, 0.25) is 5.02 Å². The van der Waals surface area contributed by atoms with Gasteiger partial charge >= 0.3 is 0 Å². The topological polar surface area (TPSA) is 73.6 Å². The molecule has 0 atom stereocenters. The van der Waals surface area contributed by atoms with E-state index in [2.05, 4.69) is 10.5 Å². The smallest absolute Gasteiger partial charge is 0.261 e. The third-order valence-electron chi connectivity index (χ3n) is 3.93. The fourth-order valence-corrected chi connectivity index (χ4v) is 2.82. The molecule has 1 amide bonds. The summed E-state index contributed by atoms with van der Waals surface area (Å²) in [7, 11) is 2.93. The molecule has 0 aliphatic carbocycles. The first-order valence-electron chi connectivity index (χ1n) is 7.89. The highest BCUT2D eigenvalue weighted by Crippen LogP contribution is 2.36. The molecule has 3 rings (SSSR count). The minimum atomic E-state index is -0.462. The van der Waals surface area contributed by atoms with Crippen molar-refractivity contribution in [3.63, 3.8) is 0 Å². The molecule has 1 heterocycles. The Hall–Kier alpha value is -3.06. The minimum Gasteiger partial charge on any atom is -0.495 e. The SMILES string of the molecule is COc1cc(NC(=O)c2c(-c3ccc(F)cc3)noc2C)c(OC)cc1Cl. The van der Waals surface area contributed by atoms with Crippen molar-refractivity contribution < 1.29 is 23.2 Å². The molecule has 0 radical (unpaired) electrons. The van der Waals surface area contributed by atoms with Gasteiger partial charge in [-0.15, -0.1) is 0 Å². The number of benzene rings is 2. The summed E-state index contributed by atoms with van der Waals surface area (Å²) in [6, 6.07) is 8.71. The molecule has 0 bridgehead atoms. The fourth-order valence-electron chi connectivity index (χ4n) is 2.59. The van der Waals surface area contributed by atoms with Crippen molar-refractivity contribution in [3.05, 3.63) is 58.6 Å². The molecule has 0 saturated carbocycles. The molecule has 1 N–H and O–H groups in total. The van der Waals surface area contributed by atoms with Gasteiger partial charge in [0, 0.05) is 17.7 Å². The maximum atomic E-state index is 13.2. The van der Waals surface area contributed by atoms with Crippen LogP contribution in [0.15, 0.2) is 40.9 Å². The summed E-state index contributed by atoms with van der Waals surface area (Å²) in [6.45, 7) is 1.62. The monoisotopic (exact) mass is 390 g/mol. The third-order valence-corrected chi connectivity index (χ3v) is 4.22. The van der Waals surface area contributed by atoms with Crippen molar-refractivity contribution in [1.29, 1.82) is 0 Å². The molecule has 27 heavy (non-hydrogen) atoms. The molecule has 1 aromatic heterocycles. The second-order valence-corrected chi connectivity index (χ2v) is 6.02. The quantitative estimate of drug-likeness (QED) is 0.682. The Labute approximate surface area is 159 Å². The Morgan fingerprint density at radius 3 is 2.44 bits per heavy atom. The van der Waals surface area contributed by atoms with Crippen LogP contribution in [0.5, 0.6) is 11.5 Å². The van der Waals surface area contributed by atoms with Crippen molar-refractivity contribution >= 4 is 23.2 Å². The van der Waals surface area contributed by atoms with Gasteiger partial charge in [-0.2, -0.15) is 0 Å². The van der Waals surface area contributed by atoms with Crippen LogP contribution in [-0.4, -0.2) is 25.3 Å². The molecule has 3 aromatic rings. The highest BCUT2D eigenvalue weighted by Gasteiger charge is 2.23. The van der Waals surface area contributed by atoms with Crippen LogP contribution in [0.25, 0.3) is 11.3 Å². The number of halogens is 2. The summed E-state index contributed by atoms with van der Waals surface area (Å²) in [5.41, 5.74) is 1.47. The summed E-state index contributed by atoms with van der Waals surface area (Å²) in [5, 5.41) is 7.03. The molecule has 6 nitrogen and oxygen atoms in total. The zero-order chi connectivity index (χ0) is 19.6. The molecule has 0 aliphatic heterocycles. The van der Waals surface area contributed by atoms with Crippen LogP contribution in [-0.2, 0) is 0 Å². The first-order valence-corrected chi connectivity index (χ1v) is 8.27. The number of hydrogen-bond acceptors (Lipinski definition) is 5. The summed E-state index contributed by atoms with van der Waals surface area (Å²) in [5.74, 6) is 0.227. The highest BCUT2D eigenvalue weighted by molar-refractivity contribution is 6.32. The molecule has 2 aromatic carbocycles. The number of carbonyl (C=O) groups excluding carboxylic acids is 1. The summed E-state index contributed by atoms with van der Waals surface area (Å²) < 4.78 is 28.8. The number of aromatic nitrogens is 1. The van der Waals surface area contributed by atoms with Gasteiger partial charge in [0.05, 0.1) is 24.9 Å². The molecule has 140 valence electrons. The number of aryl methyl sites for hydroxylation is 1. The van der Waals surface area contributed by atoms with Gasteiger partial charge < -0.3 is 19.3 Å². The van der Waals surface area contributed by atoms with Crippen molar-refractivity contribution in [2.75, 3.05) is 19.5 Å². The Morgan fingerprint density at radius 1 is 1.15 bits per heavy atom. The number of nitrogens with zero attached hydrogens (tertiary/aromatic N) is 1. The highest BCUT2D eigenvalue weighted by atomic mass is 35.5. The van der Waals surface area contributed by atoms with Gasteiger partial charge in [-0.05, 0) is 31.2 Å². The third kappa shape index (κ3) is 3.73. The molecule has 0 unspecified atom stereocenters. The summed E-state index contributed by atoms with van der Waals surface area (Å²) >= 11 is 6.09. The molecular formula is C19H16ClFN2O4. The number of nitrogens with one attached hydrogen (secondary N) is 1. The lowest BCUT2D eigenvalue weighted by molar-refractivity contribution is 0.102. The standard InChI is InChI=1S/C19H16ClFN2O4/c1-10-17(18(23-27-10)11-4-6-12(21)7-5-11)19(24)22-14-9-15(25-2)13(20)8-16(14)26-3/h4-9H,1-3H3,(H,22,24). The van der Waals surface area contributed by atoms with Gasteiger partial charge in [0.1, 0.15) is 34.3 Å². The molecule has 0 spiro atoms. The predicted molar refractivity (Wildman–Crippen MR) is 99.1 cm³/mol. The first-order chi connectivity index (χ1) is 12.9. The number of methoxy groups -OCH3 is 2. The first kappa shape index (κ1) is 18.7. The van der Waals surface area contributed by atoms with E-state index in [-0.39, 0.29) is 11.4 Å². The average molecular weight is 391 g/mol. The van der Waals surface area contributed by atoms with E-state index in [9.17, 15) is 9.18 Å². The molecular weight excluding hydrogens is 375 g/mol. The van der Waals surface area contributed by atoms with Crippen molar-refractivity contribution in [1.82, 2.24) is 5.16 Å². The lowest BCUT2D eigenvalue weighted by atomic mass is 10.1. The van der Waals surface area contributed by atoms with Crippen LogP contribution in [0.4, 0.5) is 10.1 Å². The maximum absolute atomic E-state index is 13.2. The molecule has 0 aliphatic rings. The van der Waals surface area contributed by atoms with Crippen molar-refractivity contribution in [3.8, 4) is 22.8 Å². The number of ether oxygens (including phenoxy) is 2. The van der Waals surface area contributed by atoms with E-state index in [1.807, 2.05) is 0 Å². The molecule has 0 fully saturated rings. The number of anilines is 1. The van der Waals surface area contributed by atoms with Gasteiger partial charge in [-0.3, -0.25) is 4.79 Å². The van der Waals surface area contributed by atoms with E-state index >= 15 is 0 Å². The Bertz CT molecular complexity index is 986. The van der Waals surface area contributed by atoms with Gasteiger partial charge in [0.25, 0.3) is 5.91 Å². The Balaban J connectivity index is 1.98. The largest absolute Gasteiger partial charge is 0.495 e. The lowest BCUT2D eigenvalue weighted by Gasteiger charge is -2.13. The molecule has 0 saturated heterocycles. The summed E-state index contributed by atoms with van der Waals surface area (Å²) in [6.07, 6.45) is 0. The van der Waals surface area contributed by atoms with E-state index in [0.29, 0.717) is 39.2 Å². The van der Waals surface area contributed by atoms with Gasteiger partial charge in [-0.25, -0.2) is 4.39 Å². The van der Waals surface area contributed by atoms with Gasteiger partial charge in [-0.1, -0.05) is 16.8 Å². The van der Waals surface area contributed by atoms with Gasteiger partial charge in [0.15, 0.2) is 0 Å². The zero-order valence-corrected chi connectivity index (χ0v) is 15.6. The number of amides is 1. The lowest BCUT2D eigenvalue weighted by Crippen LogP contribution is -2.14. The maximum Gasteiger partial charge on any atom is 0.261 e. The van der Waals surface area contributed by atoms with Crippen LogP contribution in [0.3, 0.4) is 0 Å². The summed E-state index contributed by atoms with van der Waals surface area (Å²) in [4.78, 5) is 12.9. The van der Waals surface area contributed by atoms with Crippen molar-refractivity contribution in [2.24, 2.45) is 0 Å². The second kappa shape index (κ2) is 7.67. The van der Waals surface area contributed by atoms with E-state index in [0.717, 1.165) is 0 Å². The molecule has 8 heteroatoms. The Morgan fingerprint density at radius 2 is 1.81 bits per heavy atom. The normalized spacial score (nSPS) is 10.6. The predicted octanol–water partition coefficient (Wildman–Crippen LogP) is 4.71. The van der Waals surface area contributed by atoms with E-state index in [1.165, 1.54) is 44.6 Å². The number of hydrogen-bond donors (Lipinski definition) is 1. The Kier molecular flexibility index (Phi) is 5.32. The van der Waals surface area contributed by atoms with Crippen LogP contribution in [0.1, 0.15) is 16.1 Å². The van der Waals surface area contributed by atoms with E-state index < -0.39 is 5.91 Å². The average Bonchev–Trinajstić information content (AvgIpc) is 3.05. The van der Waals surface area contributed by atoms with Crippen LogP contribution in [0, 0.1) is 12.7 Å². The second-order valence-electron chi connectivity index (χ2n) is 5.61. The van der Waals surface area contributed by atoms with Crippen molar-refractivity contribution in [2.45, 2.75) is 6.92 Å². The zero-order valence-electron chi connectivity index (χ0n) is 14.8. The fraction of sp³-hybridized carbons (Fsp3) is 0.158. The van der Waals surface area contributed by atoms with Crippen LogP contribution < -0.4 is 14.8 Å². The number of carbonyl (C=O) groups is 1. The van der Waals surface area contributed by atoms with Crippen LogP contribution >= 0.6 is 11.6 Å².